The number of benzene rings is 2. The van der Waals surface area contributed by atoms with E-state index in [0.29, 0.717) is 37.3 Å². The summed E-state index contributed by atoms with van der Waals surface area (Å²) < 4.78 is 48.3. The van der Waals surface area contributed by atoms with Gasteiger partial charge in [-0.25, -0.2) is 13.2 Å². The van der Waals surface area contributed by atoms with Crippen molar-refractivity contribution in [3.8, 4) is 11.1 Å². The monoisotopic (exact) mass is 578 g/mol. The molecule has 2 aliphatic rings. The van der Waals surface area contributed by atoms with Crippen LogP contribution in [0.1, 0.15) is 36.3 Å². The van der Waals surface area contributed by atoms with Gasteiger partial charge in [0.1, 0.15) is 11.7 Å². The molecule has 3 heterocycles. The lowest BCUT2D eigenvalue weighted by molar-refractivity contribution is -0.128. The van der Waals surface area contributed by atoms with Crippen LogP contribution in [0, 0.1) is 29.8 Å². The van der Waals surface area contributed by atoms with Gasteiger partial charge in [-0.3, -0.25) is 15.2 Å². The van der Waals surface area contributed by atoms with Crippen LogP contribution in [0.4, 0.5) is 30.2 Å². The first-order valence-corrected chi connectivity index (χ1v) is 13.7. The van der Waals surface area contributed by atoms with Gasteiger partial charge in [0.05, 0.1) is 40.0 Å². The van der Waals surface area contributed by atoms with E-state index in [-0.39, 0.29) is 52.5 Å². The highest BCUT2D eigenvalue weighted by Crippen LogP contribution is 2.45. The Morgan fingerprint density at radius 3 is 2.57 bits per heavy atom. The first-order chi connectivity index (χ1) is 20.0. The molecule has 0 bridgehead atoms. The number of fused-ring (bicyclic) bond motifs is 2. The molecule has 11 heteroatoms. The van der Waals surface area contributed by atoms with Crippen LogP contribution in [0.2, 0.25) is 0 Å². The Kier molecular flexibility index (Phi) is 7.96. The van der Waals surface area contributed by atoms with Gasteiger partial charge in [-0.05, 0) is 44.0 Å². The Bertz CT molecular complexity index is 1580. The molecule has 8 nitrogen and oxygen atoms in total. The van der Waals surface area contributed by atoms with Gasteiger partial charge in [-0.2, -0.15) is 0 Å². The van der Waals surface area contributed by atoms with Gasteiger partial charge in [-0.1, -0.05) is 24.8 Å². The van der Waals surface area contributed by atoms with Crippen LogP contribution in [0.3, 0.4) is 0 Å². The summed E-state index contributed by atoms with van der Waals surface area (Å²) in [5.74, 6) is -3.21. The highest BCUT2D eigenvalue weighted by Gasteiger charge is 2.38. The smallest absolute Gasteiger partial charge is 0.246 e. The molecule has 1 saturated heterocycles. The van der Waals surface area contributed by atoms with E-state index in [2.05, 4.69) is 16.9 Å². The average Bonchev–Trinajstić information content (AvgIpc) is 2.97. The highest BCUT2D eigenvalue weighted by atomic mass is 19.1. The fourth-order valence-corrected chi connectivity index (χ4v) is 5.79. The number of aryl methyl sites for hydroxylation is 1. The van der Waals surface area contributed by atoms with Crippen molar-refractivity contribution in [3.05, 3.63) is 83.5 Å². The van der Waals surface area contributed by atoms with Gasteiger partial charge in [0.2, 0.25) is 5.91 Å². The Morgan fingerprint density at radius 1 is 1.14 bits per heavy atom. The van der Waals surface area contributed by atoms with E-state index in [1.807, 2.05) is 0 Å². The minimum absolute atomic E-state index is 0.0411. The molecule has 1 aromatic heterocycles. The number of aromatic nitrogens is 1. The molecule has 0 aliphatic carbocycles. The van der Waals surface area contributed by atoms with E-state index in [9.17, 15) is 15.3 Å². The molecule has 2 aromatic carbocycles. The number of aliphatic hydroxyl groups excluding tert-OH is 1. The van der Waals surface area contributed by atoms with Crippen LogP contribution >= 0.6 is 0 Å². The molecule has 5 rings (SSSR count). The molecule has 42 heavy (non-hydrogen) atoms. The summed E-state index contributed by atoms with van der Waals surface area (Å²) in [4.78, 5) is 21.6. The van der Waals surface area contributed by atoms with E-state index in [4.69, 9.17) is 0 Å². The molecular formula is C31H33F3N6O2. The predicted octanol–water partition coefficient (Wildman–Crippen LogP) is 5.14. The zero-order chi connectivity index (χ0) is 30.3. The number of halogens is 3. The molecule has 3 N–H and O–H groups in total. The maximum absolute atomic E-state index is 16.8. The largest absolute Gasteiger partial charge is 0.387 e. The molecule has 220 valence electrons. The first kappa shape index (κ1) is 29.1. The lowest BCUT2D eigenvalue weighted by Gasteiger charge is -2.45. The third kappa shape index (κ3) is 4.98. The van der Waals surface area contributed by atoms with Gasteiger partial charge in [0.25, 0.3) is 0 Å². The summed E-state index contributed by atoms with van der Waals surface area (Å²) in [6.07, 6.45) is 2.23. The minimum Gasteiger partial charge on any atom is -0.387 e. The highest BCUT2D eigenvalue weighted by molar-refractivity contribution is 6.09. The molecule has 0 radical (unpaired) electrons. The van der Waals surface area contributed by atoms with E-state index in [1.165, 1.54) is 37.4 Å². The molecule has 2 atom stereocenters. The maximum Gasteiger partial charge on any atom is 0.246 e. The molecule has 1 amide bonds. The zero-order valence-electron chi connectivity index (χ0n) is 23.7. The Hall–Kier alpha value is -4.38. The van der Waals surface area contributed by atoms with Gasteiger partial charge < -0.3 is 25.1 Å². The maximum atomic E-state index is 16.8. The van der Waals surface area contributed by atoms with E-state index < -0.39 is 29.1 Å². The number of rotatable bonds is 5. The average molecular weight is 579 g/mol. The van der Waals surface area contributed by atoms with Crippen molar-refractivity contribution < 1.29 is 23.1 Å². The van der Waals surface area contributed by atoms with E-state index in [1.54, 1.807) is 34.7 Å². The second-order valence-corrected chi connectivity index (χ2v) is 10.7. The van der Waals surface area contributed by atoms with Crippen LogP contribution in [0.25, 0.3) is 11.1 Å². The summed E-state index contributed by atoms with van der Waals surface area (Å²) in [5.41, 5.74) is 0.0259. The van der Waals surface area contributed by atoms with Crippen molar-refractivity contribution in [2.45, 2.75) is 32.4 Å². The predicted molar refractivity (Wildman–Crippen MR) is 157 cm³/mol. The number of nitrogens with zero attached hydrogens (tertiary/aromatic N) is 4. The van der Waals surface area contributed by atoms with Crippen LogP contribution in [-0.2, 0) is 4.79 Å². The van der Waals surface area contributed by atoms with Crippen LogP contribution in [-0.4, -0.2) is 70.9 Å². The SMILES string of the molecule is C=CC(=O)N1CCN2C(=N)c3c(Nc4c(C)ccnc4C(C)O)c(F)c(-c4ccccc4F)c(F)c3N(C)CCC2C1. The molecule has 0 saturated carbocycles. The molecule has 1 fully saturated rings. The van der Waals surface area contributed by atoms with Gasteiger partial charge >= 0.3 is 0 Å². The number of hydrogen-bond acceptors (Lipinski definition) is 6. The fourth-order valence-electron chi connectivity index (χ4n) is 5.79. The molecular weight excluding hydrogens is 545 g/mol. The molecule has 2 unspecified atom stereocenters. The van der Waals surface area contributed by atoms with Crippen LogP contribution < -0.4 is 10.2 Å². The number of pyridine rings is 1. The summed E-state index contributed by atoms with van der Waals surface area (Å²) in [5, 5.41) is 22.8. The van der Waals surface area contributed by atoms with E-state index >= 15 is 13.2 Å². The van der Waals surface area contributed by atoms with Crippen LogP contribution in [0.15, 0.2) is 49.2 Å². The minimum atomic E-state index is -1.08. The lowest BCUT2D eigenvalue weighted by Crippen LogP contribution is -2.58. The first-order valence-electron chi connectivity index (χ1n) is 13.7. The summed E-state index contributed by atoms with van der Waals surface area (Å²) in [7, 11) is 1.64. The number of hydrogen-bond donors (Lipinski definition) is 3. The molecule has 2 aliphatic heterocycles. The Labute approximate surface area is 242 Å². The van der Waals surface area contributed by atoms with Crippen molar-refractivity contribution in [2.75, 3.05) is 43.4 Å². The molecule has 3 aromatic rings. The summed E-state index contributed by atoms with van der Waals surface area (Å²) >= 11 is 0. The third-order valence-corrected chi connectivity index (χ3v) is 8.00. The number of nitrogens with one attached hydrogen (secondary N) is 2. The van der Waals surface area contributed by atoms with Crippen molar-refractivity contribution in [2.24, 2.45) is 0 Å². The standard InChI is InChI=1S/C31H33F3N6O2/c1-5-22(42)39-14-15-40-19(16-39)11-13-38(4)30-24(31(40)35)29(37-27-17(2)10-12-36-28(27)18(3)41)25(33)23(26(30)34)20-8-6-7-9-21(20)32/h5-10,12,18-19,35,37,41H,1,11,13-16H2,2-4H3. The zero-order valence-corrected chi connectivity index (χ0v) is 23.7. The van der Waals surface area contributed by atoms with Gasteiger partial charge in [-0.15, -0.1) is 0 Å². The number of amides is 1. The van der Waals surface area contributed by atoms with Gasteiger partial charge in [0, 0.05) is 51.0 Å². The Morgan fingerprint density at radius 2 is 1.88 bits per heavy atom. The third-order valence-electron chi connectivity index (χ3n) is 8.00. The number of aliphatic hydroxyl groups is 1. The van der Waals surface area contributed by atoms with E-state index in [0.717, 1.165) is 6.07 Å². The lowest BCUT2D eigenvalue weighted by atomic mass is 9.93. The van der Waals surface area contributed by atoms with Gasteiger partial charge in [0.15, 0.2) is 11.6 Å². The normalized spacial score (nSPS) is 17.6. The van der Waals surface area contributed by atoms with Crippen LogP contribution in [0.5, 0.6) is 0 Å². The summed E-state index contributed by atoms with van der Waals surface area (Å²) in [6.45, 7) is 8.07. The number of carbonyl (C=O) groups excluding carboxylic acids is 1. The second kappa shape index (κ2) is 11.5. The fraction of sp³-hybridized carbons (Fsp3) is 0.323. The number of amidine groups is 1. The van der Waals surface area contributed by atoms with Crippen molar-refractivity contribution in [1.29, 1.82) is 5.41 Å². The molecule has 0 spiro atoms. The Balaban J connectivity index is 1.77. The number of carbonyl (C=O) groups is 1. The van der Waals surface area contributed by atoms with Crippen molar-refractivity contribution in [3.63, 3.8) is 0 Å². The van der Waals surface area contributed by atoms with Crippen molar-refractivity contribution in [1.82, 2.24) is 14.8 Å². The topological polar surface area (TPSA) is 95.8 Å². The van der Waals surface area contributed by atoms with Crippen molar-refractivity contribution >= 4 is 28.8 Å². The summed E-state index contributed by atoms with van der Waals surface area (Å²) in [6, 6.07) is 6.77. The second-order valence-electron chi connectivity index (χ2n) is 10.7. The quantitative estimate of drug-likeness (QED) is 0.363. The number of piperazine rings is 1. The number of anilines is 3.